The molecule has 3 N–H and O–H groups in total. The average Bonchev–Trinajstić information content (AvgIpc) is 3.23. The number of nitrogens with two attached hydrogens (primary N) is 1. The molecule has 0 spiro atoms. The molecule has 18 heavy (non-hydrogen) atoms. The second-order valence-corrected chi connectivity index (χ2v) is 4.72. The van der Waals surface area contributed by atoms with E-state index in [1.54, 1.807) is 12.3 Å². The fraction of sp³-hybridized carbons (Fsp3) is 0.538. The molecule has 1 aliphatic carbocycles. The third-order valence-electron chi connectivity index (χ3n) is 3.21. The van der Waals surface area contributed by atoms with Crippen LogP contribution in [0.3, 0.4) is 0 Å². The molecule has 1 heterocycles. The number of nitrogens with zero attached hydrogens (tertiary/aromatic N) is 2. The highest BCUT2D eigenvalue weighted by atomic mass is 16.1. The zero-order chi connectivity index (χ0) is 13.0. The minimum absolute atomic E-state index is 0.122. The zero-order valence-electron chi connectivity index (χ0n) is 10.7. The normalized spacial score (nSPS) is 14.8. The Morgan fingerprint density at radius 3 is 2.89 bits per heavy atom. The number of carbonyl (C=O) groups excluding carboxylic acids is 1. The van der Waals surface area contributed by atoms with E-state index < -0.39 is 0 Å². The van der Waals surface area contributed by atoms with Crippen LogP contribution in [0.1, 0.15) is 28.9 Å². The molecule has 5 heteroatoms. The molecule has 0 radical (unpaired) electrons. The SMILES string of the molecule is CN(CCNC(=O)c1ccc(CN)cn1)C1CC1. The van der Waals surface area contributed by atoms with Gasteiger partial charge in [-0.1, -0.05) is 6.07 Å². The van der Waals surface area contributed by atoms with Gasteiger partial charge in [0.15, 0.2) is 0 Å². The summed E-state index contributed by atoms with van der Waals surface area (Å²) >= 11 is 0. The Bertz CT molecular complexity index is 400. The summed E-state index contributed by atoms with van der Waals surface area (Å²) in [6, 6.07) is 4.27. The van der Waals surface area contributed by atoms with Crippen LogP contribution in [-0.4, -0.2) is 42.0 Å². The van der Waals surface area contributed by atoms with Crippen molar-refractivity contribution in [2.24, 2.45) is 5.73 Å². The molecule has 0 aromatic carbocycles. The van der Waals surface area contributed by atoms with Crippen molar-refractivity contribution in [2.45, 2.75) is 25.4 Å². The van der Waals surface area contributed by atoms with Gasteiger partial charge in [-0.05, 0) is 31.5 Å². The molecule has 1 saturated carbocycles. The van der Waals surface area contributed by atoms with Gasteiger partial charge in [0.25, 0.3) is 5.91 Å². The van der Waals surface area contributed by atoms with E-state index in [2.05, 4.69) is 22.2 Å². The molecule has 1 aromatic heterocycles. The van der Waals surface area contributed by atoms with Crippen LogP contribution in [0.4, 0.5) is 0 Å². The van der Waals surface area contributed by atoms with Crippen molar-refractivity contribution >= 4 is 5.91 Å². The van der Waals surface area contributed by atoms with Crippen LogP contribution in [0.15, 0.2) is 18.3 Å². The first-order chi connectivity index (χ1) is 8.70. The highest BCUT2D eigenvalue weighted by Gasteiger charge is 2.25. The monoisotopic (exact) mass is 248 g/mol. The van der Waals surface area contributed by atoms with Gasteiger partial charge >= 0.3 is 0 Å². The minimum atomic E-state index is -0.122. The molecular formula is C13H20N4O. The van der Waals surface area contributed by atoms with E-state index in [1.165, 1.54) is 12.8 Å². The lowest BCUT2D eigenvalue weighted by atomic mass is 10.2. The predicted octanol–water partition coefficient (Wildman–Crippen LogP) is 0.364. The molecule has 0 bridgehead atoms. The Balaban J connectivity index is 1.75. The van der Waals surface area contributed by atoms with Crippen molar-refractivity contribution in [1.29, 1.82) is 0 Å². The average molecular weight is 248 g/mol. The van der Waals surface area contributed by atoms with Crippen molar-refractivity contribution in [2.75, 3.05) is 20.1 Å². The summed E-state index contributed by atoms with van der Waals surface area (Å²) in [4.78, 5) is 18.2. The fourth-order valence-electron chi connectivity index (χ4n) is 1.81. The molecule has 98 valence electrons. The first kappa shape index (κ1) is 13.0. The number of rotatable bonds is 6. The maximum Gasteiger partial charge on any atom is 0.269 e. The minimum Gasteiger partial charge on any atom is -0.349 e. The van der Waals surface area contributed by atoms with E-state index in [-0.39, 0.29) is 5.91 Å². The molecular weight excluding hydrogens is 228 g/mol. The van der Waals surface area contributed by atoms with E-state index in [0.29, 0.717) is 18.8 Å². The van der Waals surface area contributed by atoms with Gasteiger partial charge in [-0.2, -0.15) is 0 Å². The van der Waals surface area contributed by atoms with E-state index in [1.807, 2.05) is 6.07 Å². The van der Waals surface area contributed by atoms with Crippen LogP contribution >= 0.6 is 0 Å². The van der Waals surface area contributed by atoms with Gasteiger partial charge in [0.1, 0.15) is 5.69 Å². The van der Waals surface area contributed by atoms with Crippen LogP contribution in [0.2, 0.25) is 0 Å². The molecule has 1 amide bonds. The van der Waals surface area contributed by atoms with Crippen LogP contribution in [0.25, 0.3) is 0 Å². The Hall–Kier alpha value is -1.46. The molecule has 0 saturated heterocycles. The maximum atomic E-state index is 11.8. The second kappa shape index (κ2) is 5.93. The van der Waals surface area contributed by atoms with Crippen LogP contribution in [-0.2, 0) is 6.54 Å². The molecule has 1 fully saturated rings. The van der Waals surface area contributed by atoms with Gasteiger partial charge in [-0.3, -0.25) is 9.78 Å². The highest BCUT2D eigenvalue weighted by Crippen LogP contribution is 2.24. The van der Waals surface area contributed by atoms with Gasteiger partial charge in [0.2, 0.25) is 0 Å². The number of amides is 1. The van der Waals surface area contributed by atoms with Crippen molar-refractivity contribution in [3.63, 3.8) is 0 Å². The van der Waals surface area contributed by atoms with E-state index in [9.17, 15) is 4.79 Å². The third-order valence-corrected chi connectivity index (χ3v) is 3.21. The van der Waals surface area contributed by atoms with E-state index >= 15 is 0 Å². The number of pyridine rings is 1. The zero-order valence-corrected chi connectivity index (χ0v) is 10.7. The number of nitrogens with one attached hydrogen (secondary N) is 1. The highest BCUT2D eigenvalue weighted by molar-refractivity contribution is 5.92. The summed E-state index contributed by atoms with van der Waals surface area (Å²) in [5.74, 6) is -0.122. The van der Waals surface area contributed by atoms with E-state index in [4.69, 9.17) is 5.73 Å². The Kier molecular flexibility index (Phi) is 4.28. The Labute approximate surface area is 107 Å². The summed E-state index contributed by atoms with van der Waals surface area (Å²) in [6.45, 7) is 1.99. The maximum absolute atomic E-state index is 11.8. The second-order valence-electron chi connectivity index (χ2n) is 4.72. The molecule has 2 rings (SSSR count). The first-order valence-electron chi connectivity index (χ1n) is 6.34. The number of hydrogen-bond donors (Lipinski definition) is 2. The summed E-state index contributed by atoms with van der Waals surface area (Å²) in [5, 5.41) is 2.88. The molecule has 0 aliphatic heterocycles. The van der Waals surface area contributed by atoms with E-state index in [0.717, 1.165) is 18.2 Å². The van der Waals surface area contributed by atoms with Crippen molar-refractivity contribution in [1.82, 2.24) is 15.2 Å². The van der Waals surface area contributed by atoms with Crippen LogP contribution in [0.5, 0.6) is 0 Å². The van der Waals surface area contributed by atoms with Gasteiger partial charge in [-0.25, -0.2) is 0 Å². The first-order valence-corrected chi connectivity index (χ1v) is 6.34. The van der Waals surface area contributed by atoms with Gasteiger partial charge < -0.3 is 16.0 Å². The summed E-state index contributed by atoms with van der Waals surface area (Å²) in [5.41, 5.74) is 6.85. The number of carbonyl (C=O) groups is 1. The standard InChI is InChI=1S/C13H20N4O/c1-17(11-3-4-11)7-6-15-13(18)12-5-2-10(8-14)9-16-12/h2,5,9,11H,3-4,6-8,14H2,1H3,(H,15,18). The number of likely N-dealkylation sites (N-methyl/N-ethyl adjacent to an activating group) is 1. The Morgan fingerprint density at radius 2 is 2.33 bits per heavy atom. The quantitative estimate of drug-likeness (QED) is 0.762. The molecule has 5 nitrogen and oxygen atoms in total. The lowest BCUT2D eigenvalue weighted by Crippen LogP contribution is -2.34. The lowest BCUT2D eigenvalue weighted by molar-refractivity contribution is 0.0944. The largest absolute Gasteiger partial charge is 0.349 e. The lowest BCUT2D eigenvalue weighted by Gasteiger charge is -2.15. The van der Waals surface area contributed by atoms with Gasteiger partial charge in [-0.15, -0.1) is 0 Å². The van der Waals surface area contributed by atoms with Gasteiger partial charge in [0.05, 0.1) is 0 Å². The van der Waals surface area contributed by atoms with Crippen molar-refractivity contribution in [3.8, 4) is 0 Å². The molecule has 0 unspecified atom stereocenters. The molecule has 0 atom stereocenters. The summed E-state index contributed by atoms with van der Waals surface area (Å²) < 4.78 is 0. The molecule has 1 aliphatic rings. The smallest absolute Gasteiger partial charge is 0.269 e. The summed E-state index contributed by atoms with van der Waals surface area (Å²) in [6.07, 6.45) is 4.21. The fourth-order valence-corrected chi connectivity index (χ4v) is 1.81. The van der Waals surface area contributed by atoms with Gasteiger partial charge in [0, 0.05) is 31.9 Å². The topological polar surface area (TPSA) is 71.2 Å². The van der Waals surface area contributed by atoms with Crippen LogP contribution < -0.4 is 11.1 Å². The van der Waals surface area contributed by atoms with Crippen LogP contribution in [0, 0.1) is 0 Å². The van der Waals surface area contributed by atoms with Crippen molar-refractivity contribution in [3.05, 3.63) is 29.6 Å². The third kappa shape index (κ3) is 3.51. The number of hydrogen-bond acceptors (Lipinski definition) is 4. The predicted molar refractivity (Wildman–Crippen MR) is 70.1 cm³/mol. The Morgan fingerprint density at radius 1 is 1.56 bits per heavy atom. The number of aromatic nitrogens is 1. The molecule has 1 aromatic rings. The summed E-state index contributed by atoms with van der Waals surface area (Å²) in [7, 11) is 2.10. The van der Waals surface area contributed by atoms with Crippen molar-refractivity contribution < 1.29 is 4.79 Å².